The summed E-state index contributed by atoms with van der Waals surface area (Å²) in [6.07, 6.45) is 3.55. The van der Waals surface area contributed by atoms with Gasteiger partial charge in [-0.25, -0.2) is 4.83 Å². The third kappa shape index (κ3) is 4.75. The van der Waals surface area contributed by atoms with Gasteiger partial charge in [-0.15, -0.1) is 0 Å². The molecule has 6 heteroatoms. The molecular formula is C26H27N3O2S. The Hall–Kier alpha value is -3.38. The molecule has 1 heterocycles. The minimum Gasteiger partial charge on any atom is -0.342 e. The normalized spacial score (nSPS) is 12.5. The number of hydrazone groups is 1. The van der Waals surface area contributed by atoms with E-state index in [1.54, 1.807) is 18.3 Å². The molecule has 1 aromatic heterocycles. The van der Waals surface area contributed by atoms with Crippen molar-refractivity contribution in [1.82, 2.24) is 9.40 Å². The zero-order chi connectivity index (χ0) is 22.8. The molecule has 0 fully saturated rings. The van der Waals surface area contributed by atoms with E-state index in [2.05, 4.69) is 53.5 Å². The average Bonchev–Trinajstić information content (AvgIpc) is 3.11. The van der Waals surface area contributed by atoms with Crippen LogP contribution in [0.2, 0.25) is 0 Å². The Morgan fingerprint density at radius 2 is 1.56 bits per heavy atom. The monoisotopic (exact) mass is 445 g/mol. The van der Waals surface area contributed by atoms with Crippen LogP contribution in [-0.2, 0) is 22.0 Å². The number of para-hydroxylation sites is 1. The second kappa shape index (κ2) is 8.63. The summed E-state index contributed by atoms with van der Waals surface area (Å²) in [5.41, 5.74) is 4.14. The third-order valence-electron chi connectivity index (χ3n) is 5.42. The largest absolute Gasteiger partial charge is 0.342 e. The number of nitrogens with one attached hydrogen (secondary N) is 1. The first kappa shape index (κ1) is 21.8. The maximum atomic E-state index is 12.7. The Balaban J connectivity index is 1.56. The van der Waals surface area contributed by atoms with Gasteiger partial charge in [0, 0.05) is 29.2 Å². The molecule has 0 bridgehead atoms. The van der Waals surface area contributed by atoms with Crippen molar-refractivity contribution in [3.63, 3.8) is 0 Å². The highest BCUT2D eigenvalue weighted by Crippen LogP contribution is 2.24. The first-order chi connectivity index (χ1) is 15.2. The zero-order valence-corrected chi connectivity index (χ0v) is 19.3. The predicted molar refractivity (Wildman–Crippen MR) is 131 cm³/mol. The van der Waals surface area contributed by atoms with Crippen molar-refractivity contribution >= 4 is 27.1 Å². The Labute approximate surface area is 189 Å². The standard InChI is InChI=1S/C26H27N3O2S/c1-26(2,3)22-13-15-23(16-14-22)32(30,31)28-27-17-21-19-29(18-20-9-5-4-6-10-20)25-12-8-7-11-24(21)25/h4-17,19,28H,18H2,1-3H3. The molecule has 3 aromatic carbocycles. The van der Waals surface area contributed by atoms with Crippen LogP contribution in [-0.4, -0.2) is 19.2 Å². The lowest BCUT2D eigenvalue weighted by atomic mass is 9.87. The van der Waals surface area contributed by atoms with E-state index in [0.717, 1.165) is 28.6 Å². The minimum atomic E-state index is -3.74. The fourth-order valence-corrected chi connectivity index (χ4v) is 4.43. The highest BCUT2D eigenvalue weighted by atomic mass is 32.2. The van der Waals surface area contributed by atoms with E-state index in [1.165, 1.54) is 5.56 Å². The van der Waals surface area contributed by atoms with Crippen LogP contribution in [0.1, 0.15) is 37.5 Å². The maximum Gasteiger partial charge on any atom is 0.276 e. The van der Waals surface area contributed by atoms with Gasteiger partial charge in [0.1, 0.15) is 0 Å². The Morgan fingerprint density at radius 3 is 2.25 bits per heavy atom. The van der Waals surface area contributed by atoms with Gasteiger partial charge >= 0.3 is 0 Å². The molecule has 1 N–H and O–H groups in total. The van der Waals surface area contributed by atoms with E-state index >= 15 is 0 Å². The van der Waals surface area contributed by atoms with Gasteiger partial charge < -0.3 is 4.57 Å². The van der Waals surface area contributed by atoms with Crippen LogP contribution in [0.15, 0.2) is 95.1 Å². The van der Waals surface area contributed by atoms with Gasteiger partial charge in [-0.1, -0.05) is 81.4 Å². The van der Waals surface area contributed by atoms with Crippen LogP contribution in [0.4, 0.5) is 0 Å². The van der Waals surface area contributed by atoms with Crippen LogP contribution >= 0.6 is 0 Å². The number of hydrogen-bond donors (Lipinski definition) is 1. The lowest BCUT2D eigenvalue weighted by molar-refractivity contribution is 0.580. The number of hydrogen-bond acceptors (Lipinski definition) is 3. The van der Waals surface area contributed by atoms with Crippen LogP contribution in [0, 0.1) is 0 Å². The molecular weight excluding hydrogens is 418 g/mol. The topological polar surface area (TPSA) is 63.5 Å². The van der Waals surface area contributed by atoms with Gasteiger partial charge in [0.15, 0.2) is 0 Å². The first-order valence-electron chi connectivity index (χ1n) is 10.5. The predicted octanol–water partition coefficient (Wildman–Crippen LogP) is 5.30. The number of aromatic nitrogens is 1. The molecule has 4 aromatic rings. The van der Waals surface area contributed by atoms with Crippen LogP contribution in [0.25, 0.3) is 10.9 Å². The first-order valence-corrected chi connectivity index (χ1v) is 12.0. The maximum absolute atomic E-state index is 12.7. The second-order valence-corrected chi connectivity index (χ2v) is 10.5. The molecule has 0 atom stereocenters. The van der Waals surface area contributed by atoms with Gasteiger partial charge in [0.05, 0.1) is 11.1 Å². The Kier molecular flexibility index (Phi) is 5.89. The number of nitrogens with zero attached hydrogens (tertiary/aromatic N) is 2. The van der Waals surface area contributed by atoms with Gasteiger partial charge in [-0.2, -0.15) is 13.5 Å². The van der Waals surface area contributed by atoms with Crippen molar-refractivity contribution in [3.8, 4) is 0 Å². The van der Waals surface area contributed by atoms with Crippen LogP contribution in [0.3, 0.4) is 0 Å². The summed E-state index contributed by atoms with van der Waals surface area (Å²) in [7, 11) is -3.74. The summed E-state index contributed by atoms with van der Waals surface area (Å²) in [6.45, 7) is 6.99. The smallest absolute Gasteiger partial charge is 0.276 e. The zero-order valence-electron chi connectivity index (χ0n) is 18.5. The lowest BCUT2D eigenvalue weighted by Gasteiger charge is -2.19. The number of rotatable bonds is 6. The van der Waals surface area contributed by atoms with Crippen LogP contribution < -0.4 is 4.83 Å². The van der Waals surface area contributed by atoms with E-state index in [9.17, 15) is 8.42 Å². The number of fused-ring (bicyclic) bond motifs is 1. The molecule has 0 aliphatic rings. The Morgan fingerprint density at radius 1 is 0.906 bits per heavy atom. The molecule has 0 radical (unpaired) electrons. The number of sulfonamides is 1. The SMILES string of the molecule is CC(C)(C)c1ccc(S(=O)(=O)NN=Cc2cn(Cc3ccccc3)c3ccccc23)cc1. The van der Waals surface area contributed by atoms with Crippen LogP contribution in [0.5, 0.6) is 0 Å². The molecule has 32 heavy (non-hydrogen) atoms. The summed E-state index contributed by atoms with van der Waals surface area (Å²) < 4.78 is 27.5. The number of benzene rings is 3. The molecule has 0 saturated heterocycles. The summed E-state index contributed by atoms with van der Waals surface area (Å²) >= 11 is 0. The molecule has 4 rings (SSSR count). The summed E-state index contributed by atoms with van der Waals surface area (Å²) in [6, 6.07) is 25.1. The molecule has 5 nitrogen and oxygen atoms in total. The molecule has 0 saturated carbocycles. The highest BCUT2D eigenvalue weighted by molar-refractivity contribution is 7.89. The summed E-state index contributed by atoms with van der Waals surface area (Å²) in [5.74, 6) is 0. The second-order valence-electron chi connectivity index (χ2n) is 8.84. The highest BCUT2D eigenvalue weighted by Gasteiger charge is 2.17. The van der Waals surface area contributed by atoms with Gasteiger partial charge in [-0.3, -0.25) is 0 Å². The molecule has 0 aliphatic heterocycles. The molecule has 0 aliphatic carbocycles. The molecule has 164 valence electrons. The minimum absolute atomic E-state index is 0.0398. The summed E-state index contributed by atoms with van der Waals surface area (Å²) in [5, 5.41) is 5.07. The fraction of sp³-hybridized carbons (Fsp3) is 0.192. The van der Waals surface area contributed by atoms with Crippen molar-refractivity contribution in [1.29, 1.82) is 0 Å². The third-order valence-corrected chi connectivity index (χ3v) is 6.66. The quantitative estimate of drug-likeness (QED) is 0.323. The van der Waals surface area contributed by atoms with E-state index in [0.29, 0.717) is 0 Å². The van der Waals surface area contributed by atoms with Crippen molar-refractivity contribution < 1.29 is 8.42 Å². The molecule has 0 spiro atoms. The van der Waals surface area contributed by atoms with Crippen molar-refractivity contribution in [2.45, 2.75) is 37.6 Å². The fourth-order valence-electron chi connectivity index (χ4n) is 3.64. The summed E-state index contributed by atoms with van der Waals surface area (Å²) in [4.78, 5) is 2.53. The average molecular weight is 446 g/mol. The van der Waals surface area contributed by atoms with Crippen molar-refractivity contribution in [3.05, 3.63) is 102 Å². The Bertz CT molecular complexity index is 1350. The van der Waals surface area contributed by atoms with Gasteiger partial charge in [-0.05, 0) is 34.7 Å². The van der Waals surface area contributed by atoms with Crippen molar-refractivity contribution in [2.75, 3.05) is 0 Å². The lowest BCUT2D eigenvalue weighted by Crippen LogP contribution is -2.19. The van der Waals surface area contributed by atoms with Gasteiger partial charge in [0.25, 0.3) is 10.0 Å². The van der Waals surface area contributed by atoms with Crippen molar-refractivity contribution in [2.24, 2.45) is 5.10 Å². The van der Waals surface area contributed by atoms with E-state index in [-0.39, 0.29) is 10.3 Å². The molecule has 0 amide bonds. The van der Waals surface area contributed by atoms with E-state index in [4.69, 9.17) is 0 Å². The molecule has 0 unspecified atom stereocenters. The van der Waals surface area contributed by atoms with Gasteiger partial charge in [0.2, 0.25) is 0 Å². The van der Waals surface area contributed by atoms with E-state index < -0.39 is 10.0 Å². The van der Waals surface area contributed by atoms with E-state index in [1.807, 2.05) is 54.7 Å².